The maximum atomic E-state index is 5.83. The number of hydrogen-bond acceptors (Lipinski definition) is 2. The molecule has 0 aliphatic rings. The average molecular weight is 409 g/mol. The van der Waals surface area contributed by atoms with Crippen molar-refractivity contribution in [3.63, 3.8) is 0 Å². The fourth-order valence-corrected chi connectivity index (χ4v) is 1.84. The molecular weight excluding hydrogens is 375 g/mol. The standard InChI is InChI=1S/C16H33O2.HI.Mg/c1-4-7-10-13-16(17-14-11-8-5-2)18-15-12-9-6-3;;/h16H,1,4-15H2,2-3H3;1H;/q-1;;+2/p-1. The van der Waals surface area contributed by atoms with E-state index in [1.165, 1.54) is 32.1 Å². The van der Waals surface area contributed by atoms with E-state index < -0.39 is 0 Å². The van der Waals surface area contributed by atoms with Crippen LogP contribution in [0.15, 0.2) is 0 Å². The Balaban J connectivity index is -0.00000144. The smallest absolute Gasteiger partial charge is 1.00 e. The summed E-state index contributed by atoms with van der Waals surface area (Å²) in [5.74, 6) is 0. The van der Waals surface area contributed by atoms with E-state index in [1.807, 2.05) is 0 Å². The van der Waals surface area contributed by atoms with Crippen molar-refractivity contribution in [1.29, 1.82) is 0 Å². The van der Waals surface area contributed by atoms with E-state index in [0.717, 1.165) is 45.3 Å². The van der Waals surface area contributed by atoms with Gasteiger partial charge in [0.15, 0.2) is 6.29 Å². The van der Waals surface area contributed by atoms with Crippen LogP contribution in [0.4, 0.5) is 0 Å². The normalized spacial score (nSPS) is 10.2. The minimum atomic E-state index is 0. The molecule has 0 amide bonds. The molecule has 0 aliphatic heterocycles. The first-order valence-electron chi connectivity index (χ1n) is 7.87. The van der Waals surface area contributed by atoms with Gasteiger partial charge in [-0.15, -0.1) is 0 Å². The van der Waals surface area contributed by atoms with Gasteiger partial charge in [0.2, 0.25) is 0 Å². The van der Waals surface area contributed by atoms with Crippen molar-refractivity contribution in [1.82, 2.24) is 0 Å². The number of halogens is 1. The summed E-state index contributed by atoms with van der Waals surface area (Å²) in [7, 11) is 0. The molecule has 118 valence electrons. The number of hydrogen-bond donors (Lipinski definition) is 0. The van der Waals surface area contributed by atoms with E-state index >= 15 is 0 Å². The second-order valence-electron chi connectivity index (χ2n) is 4.93. The van der Waals surface area contributed by atoms with Crippen molar-refractivity contribution in [2.45, 2.75) is 84.3 Å². The summed E-state index contributed by atoms with van der Waals surface area (Å²) in [4.78, 5) is 0. The van der Waals surface area contributed by atoms with Crippen molar-refractivity contribution in [2.75, 3.05) is 13.2 Å². The Kier molecular flexibility index (Phi) is 29.9. The van der Waals surface area contributed by atoms with Crippen LogP contribution in [0, 0.1) is 6.92 Å². The summed E-state index contributed by atoms with van der Waals surface area (Å²) < 4.78 is 11.7. The van der Waals surface area contributed by atoms with Crippen LogP contribution in [-0.4, -0.2) is 42.6 Å². The van der Waals surface area contributed by atoms with Gasteiger partial charge >= 0.3 is 23.1 Å². The Bertz CT molecular complexity index is 147. The summed E-state index contributed by atoms with van der Waals surface area (Å²) >= 11 is 0. The van der Waals surface area contributed by atoms with E-state index in [1.54, 1.807) is 0 Å². The molecule has 4 heteroatoms. The molecule has 0 atom stereocenters. The number of unbranched alkanes of at least 4 members (excludes halogenated alkanes) is 6. The van der Waals surface area contributed by atoms with Gasteiger partial charge in [0.1, 0.15) is 0 Å². The van der Waals surface area contributed by atoms with Crippen LogP contribution in [0.3, 0.4) is 0 Å². The third kappa shape index (κ3) is 19.4. The zero-order chi connectivity index (χ0) is 13.5. The van der Waals surface area contributed by atoms with Gasteiger partial charge in [0.25, 0.3) is 0 Å². The van der Waals surface area contributed by atoms with Gasteiger partial charge in [-0.1, -0.05) is 52.4 Å². The predicted octanol–water partition coefficient (Wildman–Crippen LogP) is 1.74. The second kappa shape index (κ2) is 22.7. The van der Waals surface area contributed by atoms with E-state index in [2.05, 4.69) is 20.8 Å². The van der Waals surface area contributed by atoms with Crippen LogP contribution in [-0.2, 0) is 9.47 Å². The van der Waals surface area contributed by atoms with Gasteiger partial charge in [0, 0.05) is 13.2 Å². The molecule has 0 aromatic heterocycles. The molecule has 20 heavy (non-hydrogen) atoms. The quantitative estimate of drug-likeness (QED) is 0.143. The second-order valence-corrected chi connectivity index (χ2v) is 4.93. The van der Waals surface area contributed by atoms with Gasteiger partial charge in [0.05, 0.1) is 0 Å². The van der Waals surface area contributed by atoms with E-state index in [-0.39, 0.29) is 53.3 Å². The third-order valence-electron chi connectivity index (χ3n) is 3.04. The van der Waals surface area contributed by atoms with Crippen LogP contribution < -0.4 is 24.0 Å². The molecule has 0 radical (unpaired) electrons. The Morgan fingerprint density at radius 1 is 0.800 bits per heavy atom. The van der Waals surface area contributed by atoms with Crippen molar-refractivity contribution < 1.29 is 33.5 Å². The minimum Gasteiger partial charge on any atom is -1.00 e. The zero-order valence-corrected chi connectivity index (χ0v) is 17.2. The van der Waals surface area contributed by atoms with Crippen LogP contribution in [0.2, 0.25) is 0 Å². The fraction of sp³-hybridized carbons (Fsp3) is 0.938. The largest absolute Gasteiger partial charge is 2.00 e. The summed E-state index contributed by atoms with van der Waals surface area (Å²) in [5.41, 5.74) is 0. The summed E-state index contributed by atoms with van der Waals surface area (Å²) in [5, 5.41) is 0. The number of rotatable bonds is 14. The summed E-state index contributed by atoms with van der Waals surface area (Å²) in [6.07, 6.45) is 11.7. The van der Waals surface area contributed by atoms with Crippen LogP contribution in [0.1, 0.15) is 78.1 Å². The third-order valence-corrected chi connectivity index (χ3v) is 3.04. The van der Waals surface area contributed by atoms with E-state index in [0.29, 0.717) is 0 Å². The molecule has 2 nitrogen and oxygen atoms in total. The van der Waals surface area contributed by atoms with Crippen molar-refractivity contribution >= 4 is 23.1 Å². The van der Waals surface area contributed by atoms with Crippen molar-refractivity contribution in [2.24, 2.45) is 0 Å². The molecule has 0 fully saturated rings. The topological polar surface area (TPSA) is 18.5 Å². The maximum absolute atomic E-state index is 5.83. The van der Waals surface area contributed by atoms with Gasteiger partial charge < -0.3 is 40.4 Å². The maximum Gasteiger partial charge on any atom is 2.00 e. The van der Waals surface area contributed by atoms with Gasteiger partial charge in [-0.2, -0.15) is 6.42 Å². The van der Waals surface area contributed by atoms with Crippen LogP contribution in [0.5, 0.6) is 0 Å². The fourth-order valence-electron chi connectivity index (χ4n) is 1.84. The molecule has 0 bridgehead atoms. The van der Waals surface area contributed by atoms with Gasteiger partial charge in [-0.25, -0.2) is 0 Å². The molecule has 0 rings (SSSR count). The van der Waals surface area contributed by atoms with E-state index in [4.69, 9.17) is 9.47 Å². The Morgan fingerprint density at radius 3 is 1.70 bits per heavy atom. The first kappa shape index (κ1) is 26.3. The Morgan fingerprint density at radius 2 is 1.30 bits per heavy atom. The van der Waals surface area contributed by atoms with Crippen molar-refractivity contribution in [3.05, 3.63) is 6.92 Å². The van der Waals surface area contributed by atoms with Gasteiger partial charge in [-0.05, 0) is 19.3 Å². The van der Waals surface area contributed by atoms with Gasteiger partial charge in [-0.3, -0.25) is 0 Å². The molecule has 0 spiro atoms. The summed E-state index contributed by atoms with van der Waals surface area (Å²) in [6.45, 7) is 9.99. The molecule has 0 N–H and O–H groups in total. The van der Waals surface area contributed by atoms with E-state index in [9.17, 15) is 0 Å². The average Bonchev–Trinajstić information content (AvgIpc) is 2.39. The molecule has 0 saturated heterocycles. The van der Waals surface area contributed by atoms with Crippen molar-refractivity contribution in [3.8, 4) is 0 Å². The minimum absolute atomic E-state index is 0. The predicted molar refractivity (Wildman–Crippen MR) is 84.3 cm³/mol. The monoisotopic (exact) mass is 408 g/mol. The SMILES string of the molecule is [CH2-]CCCCC(OCCCCC)OCCCCC.[I-].[Mg+2]. The molecule has 0 unspecified atom stereocenters. The zero-order valence-electron chi connectivity index (χ0n) is 13.7. The molecule has 0 aliphatic carbocycles. The molecule has 0 saturated carbocycles. The first-order chi connectivity index (χ1) is 8.85. The summed E-state index contributed by atoms with van der Waals surface area (Å²) in [6, 6.07) is 0. The molecule has 0 aromatic rings. The Hall–Kier alpha value is 1.42. The molecular formula is C16H33IMgO2. The number of ether oxygens (including phenoxy) is 2. The molecule has 0 heterocycles. The Labute approximate surface area is 160 Å². The first-order valence-corrected chi connectivity index (χ1v) is 7.87. The molecule has 0 aromatic carbocycles. The van der Waals surface area contributed by atoms with Crippen LogP contribution >= 0.6 is 0 Å². The van der Waals surface area contributed by atoms with Crippen LogP contribution in [0.25, 0.3) is 0 Å².